The lowest BCUT2D eigenvalue weighted by Gasteiger charge is -2.11. The lowest BCUT2D eigenvalue weighted by atomic mass is 10.3. The van der Waals surface area contributed by atoms with Gasteiger partial charge < -0.3 is 5.32 Å². The van der Waals surface area contributed by atoms with Gasteiger partial charge in [0.25, 0.3) is 0 Å². The van der Waals surface area contributed by atoms with Gasteiger partial charge >= 0.3 is 0 Å². The number of halogens is 3. The van der Waals surface area contributed by atoms with Crippen LogP contribution in [0.2, 0.25) is 10.2 Å². The molecule has 0 spiro atoms. The molecule has 0 atom stereocenters. The minimum atomic E-state index is 0.108. The number of aryl methyl sites for hydroxylation is 1. The van der Waals surface area contributed by atoms with Crippen molar-refractivity contribution in [1.82, 2.24) is 9.97 Å². The molecule has 0 aliphatic carbocycles. The van der Waals surface area contributed by atoms with Gasteiger partial charge in [-0.1, -0.05) is 39.1 Å². The molecule has 0 unspecified atom stereocenters. The Kier molecular flexibility index (Phi) is 4.39. The lowest BCUT2D eigenvalue weighted by molar-refractivity contribution is 0.112. The first kappa shape index (κ1) is 14.2. The van der Waals surface area contributed by atoms with E-state index in [-0.39, 0.29) is 10.7 Å². The summed E-state index contributed by atoms with van der Waals surface area (Å²) in [7, 11) is 0. The summed E-state index contributed by atoms with van der Waals surface area (Å²) in [5, 5.41) is 3.60. The average Bonchev–Trinajstić information content (AvgIpc) is 2.33. The minimum absolute atomic E-state index is 0.108. The SMILES string of the molecule is Cc1nc(Cl)c(C=O)c(Nc2cc(Br)ccc2Cl)n1. The van der Waals surface area contributed by atoms with Crippen molar-refractivity contribution in [3.8, 4) is 0 Å². The molecule has 0 radical (unpaired) electrons. The zero-order valence-electron chi connectivity index (χ0n) is 9.75. The van der Waals surface area contributed by atoms with E-state index >= 15 is 0 Å². The lowest BCUT2D eigenvalue weighted by Crippen LogP contribution is -2.03. The smallest absolute Gasteiger partial charge is 0.156 e. The van der Waals surface area contributed by atoms with E-state index in [9.17, 15) is 4.79 Å². The maximum atomic E-state index is 11.1. The molecule has 2 rings (SSSR count). The molecule has 1 heterocycles. The van der Waals surface area contributed by atoms with Crippen molar-refractivity contribution in [3.05, 3.63) is 44.2 Å². The predicted octanol–water partition coefficient (Wildman–Crippen LogP) is 4.41. The van der Waals surface area contributed by atoms with Gasteiger partial charge in [-0.25, -0.2) is 9.97 Å². The molecule has 0 bridgehead atoms. The second-order valence-corrected chi connectivity index (χ2v) is 5.37. The van der Waals surface area contributed by atoms with Crippen LogP contribution in [-0.2, 0) is 0 Å². The van der Waals surface area contributed by atoms with E-state index in [2.05, 4.69) is 31.2 Å². The molecule has 1 aromatic heterocycles. The molecule has 1 N–H and O–H groups in total. The molecule has 7 heteroatoms. The summed E-state index contributed by atoms with van der Waals surface area (Å²) in [6, 6.07) is 5.32. The Balaban J connectivity index is 2.48. The zero-order chi connectivity index (χ0) is 14.0. The number of carbonyl (C=O) groups excluding carboxylic acids is 1. The van der Waals surface area contributed by atoms with Gasteiger partial charge in [0.1, 0.15) is 16.8 Å². The first-order valence-corrected chi connectivity index (χ1v) is 6.77. The standard InChI is InChI=1S/C12H8BrCl2N3O/c1-6-16-11(15)8(5-19)12(17-6)18-10-4-7(13)2-3-9(10)14/h2-5H,1H3,(H,16,17,18). The molecule has 0 aliphatic heterocycles. The number of nitrogens with one attached hydrogen (secondary N) is 1. The van der Waals surface area contributed by atoms with Gasteiger partial charge in [0.2, 0.25) is 0 Å². The largest absolute Gasteiger partial charge is 0.338 e. The van der Waals surface area contributed by atoms with Crippen LogP contribution in [-0.4, -0.2) is 16.3 Å². The third kappa shape index (κ3) is 3.23. The summed E-state index contributed by atoms with van der Waals surface area (Å²) < 4.78 is 0.851. The van der Waals surface area contributed by atoms with E-state index < -0.39 is 0 Å². The van der Waals surface area contributed by atoms with Gasteiger partial charge in [-0.3, -0.25) is 4.79 Å². The maximum absolute atomic E-state index is 11.1. The van der Waals surface area contributed by atoms with Crippen LogP contribution in [0.3, 0.4) is 0 Å². The van der Waals surface area contributed by atoms with Gasteiger partial charge in [0.05, 0.1) is 16.3 Å². The van der Waals surface area contributed by atoms with Gasteiger partial charge in [0.15, 0.2) is 6.29 Å². The number of nitrogens with zero attached hydrogens (tertiary/aromatic N) is 2. The number of anilines is 2. The van der Waals surface area contributed by atoms with Gasteiger partial charge in [-0.2, -0.15) is 0 Å². The highest BCUT2D eigenvalue weighted by atomic mass is 79.9. The van der Waals surface area contributed by atoms with E-state index in [1.54, 1.807) is 19.1 Å². The predicted molar refractivity (Wildman–Crippen MR) is 79.6 cm³/mol. The van der Waals surface area contributed by atoms with Crippen molar-refractivity contribution >= 4 is 56.9 Å². The highest BCUT2D eigenvalue weighted by Gasteiger charge is 2.12. The number of hydrogen-bond acceptors (Lipinski definition) is 4. The Morgan fingerprint density at radius 1 is 1.32 bits per heavy atom. The molecule has 0 saturated carbocycles. The number of rotatable bonds is 3. The summed E-state index contributed by atoms with van der Waals surface area (Å²) in [5.41, 5.74) is 0.816. The molecule has 2 aromatic rings. The fourth-order valence-electron chi connectivity index (χ4n) is 1.47. The second-order valence-electron chi connectivity index (χ2n) is 3.69. The van der Waals surface area contributed by atoms with Gasteiger partial charge in [-0.05, 0) is 25.1 Å². The monoisotopic (exact) mass is 359 g/mol. The van der Waals surface area contributed by atoms with E-state index in [1.165, 1.54) is 0 Å². The molecule has 1 aromatic carbocycles. The summed E-state index contributed by atoms with van der Waals surface area (Å²) >= 11 is 15.3. The third-order valence-electron chi connectivity index (χ3n) is 2.31. The molecular weight excluding hydrogens is 353 g/mol. The number of carbonyl (C=O) groups is 1. The van der Waals surface area contributed by atoms with Crippen LogP contribution in [0.25, 0.3) is 0 Å². The average molecular weight is 361 g/mol. The Morgan fingerprint density at radius 3 is 2.74 bits per heavy atom. The quantitative estimate of drug-likeness (QED) is 0.650. The number of hydrogen-bond donors (Lipinski definition) is 1. The van der Waals surface area contributed by atoms with Gasteiger partial charge in [0, 0.05) is 4.47 Å². The molecular formula is C12H8BrCl2N3O. The number of benzene rings is 1. The molecule has 0 amide bonds. The van der Waals surface area contributed by atoms with E-state index in [0.717, 1.165) is 4.47 Å². The van der Waals surface area contributed by atoms with Gasteiger partial charge in [-0.15, -0.1) is 0 Å². The third-order valence-corrected chi connectivity index (χ3v) is 3.42. The zero-order valence-corrected chi connectivity index (χ0v) is 12.8. The summed E-state index contributed by atoms with van der Waals surface area (Å²) in [6.07, 6.45) is 0.607. The highest BCUT2D eigenvalue weighted by Crippen LogP contribution is 2.30. The van der Waals surface area contributed by atoms with Crippen LogP contribution < -0.4 is 5.32 Å². The van der Waals surface area contributed by atoms with Crippen molar-refractivity contribution in [2.24, 2.45) is 0 Å². The van der Waals surface area contributed by atoms with Crippen LogP contribution in [0, 0.1) is 6.92 Å². The Hall–Kier alpha value is -1.17. The maximum Gasteiger partial charge on any atom is 0.156 e. The topological polar surface area (TPSA) is 54.9 Å². The van der Waals surface area contributed by atoms with Crippen LogP contribution in [0.4, 0.5) is 11.5 Å². The fourth-order valence-corrected chi connectivity index (χ4v) is 2.25. The summed E-state index contributed by atoms with van der Waals surface area (Å²) in [4.78, 5) is 19.1. The summed E-state index contributed by atoms with van der Waals surface area (Å²) in [6.45, 7) is 1.69. The highest BCUT2D eigenvalue weighted by molar-refractivity contribution is 9.10. The second kappa shape index (κ2) is 5.86. The van der Waals surface area contributed by atoms with Crippen LogP contribution in [0.5, 0.6) is 0 Å². The number of aromatic nitrogens is 2. The van der Waals surface area contributed by atoms with Crippen molar-refractivity contribution in [1.29, 1.82) is 0 Å². The Bertz CT molecular complexity index is 649. The molecule has 98 valence electrons. The Labute approximate surface area is 128 Å². The molecule has 4 nitrogen and oxygen atoms in total. The molecule has 19 heavy (non-hydrogen) atoms. The van der Waals surface area contributed by atoms with Crippen LogP contribution in [0.1, 0.15) is 16.2 Å². The minimum Gasteiger partial charge on any atom is -0.338 e. The molecule has 0 saturated heterocycles. The van der Waals surface area contributed by atoms with Crippen molar-refractivity contribution in [3.63, 3.8) is 0 Å². The normalized spacial score (nSPS) is 10.3. The first-order valence-electron chi connectivity index (χ1n) is 5.22. The fraction of sp³-hybridized carbons (Fsp3) is 0.0833. The Morgan fingerprint density at radius 2 is 2.05 bits per heavy atom. The van der Waals surface area contributed by atoms with E-state index in [0.29, 0.717) is 28.6 Å². The number of aldehydes is 1. The molecule has 0 aliphatic rings. The van der Waals surface area contributed by atoms with Crippen molar-refractivity contribution < 1.29 is 4.79 Å². The van der Waals surface area contributed by atoms with Crippen LogP contribution in [0.15, 0.2) is 22.7 Å². The van der Waals surface area contributed by atoms with Crippen molar-refractivity contribution in [2.45, 2.75) is 6.92 Å². The first-order chi connectivity index (χ1) is 9.01. The van der Waals surface area contributed by atoms with Crippen molar-refractivity contribution in [2.75, 3.05) is 5.32 Å². The molecule has 0 fully saturated rings. The van der Waals surface area contributed by atoms with Crippen LogP contribution >= 0.6 is 39.1 Å². The summed E-state index contributed by atoms with van der Waals surface area (Å²) in [5.74, 6) is 0.789. The van der Waals surface area contributed by atoms with E-state index in [4.69, 9.17) is 23.2 Å². The van der Waals surface area contributed by atoms with E-state index in [1.807, 2.05) is 6.07 Å².